The van der Waals surface area contributed by atoms with Crippen LogP contribution in [0.1, 0.15) is 12.5 Å². The second-order valence-electron chi connectivity index (χ2n) is 3.54. The molecule has 1 aliphatic rings. The van der Waals surface area contributed by atoms with Crippen molar-refractivity contribution in [3.05, 3.63) is 29.3 Å². The van der Waals surface area contributed by atoms with Gasteiger partial charge in [-0.2, -0.15) is 0 Å². The molecule has 0 aromatic heterocycles. The summed E-state index contributed by atoms with van der Waals surface area (Å²) in [7, 11) is 1.56. The normalized spacial score (nSPS) is 18.1. The average molecular weight is 220 g/mol. The van der Waals surface area contributed by atoms with Gasteiger partial charge >= 0.3 is 5.97 Å². The molecule has 0 bridgehead atoms. The number of hydrogen-bond donors (Lipinski definition) is 1. The molecule has 1 aromatic carbocycles. The summed E-state index contributed by atoms with van der Waals surface area (Å²) in [5.41, 5.74) is 0.982. The van der Waals surface area contributed by atoms with Crippen LogP contribution in [0.2, 0.25) is 0 Å². The van der Waals surface area contributed by atoms with Gasteiger partial charge in [0.1, 0.15) is 6.10 Å². The number of methoxy groups -OCH3 is 1. The van der Waals surface area contributed by atoms with Crippen molar-refractivity contribution in [3.63, 3.8) is 0 Å². The van der Waals surface area contributed by atoms with Gasteiger partial charge in [-0.3, -0.25) is 0 Å². The fourth-order valence-electron chi connectivity index (χ4n) is 1.69. The minimum Gasteiger partial charge on any atom is -0.493 e. The first-order valence-corrected chi connectivity index (χ1v) is 4.92. The Morgan fingerprint density at radius 3 is 2.88 bits per heavy atom. The van der Waals surface area contributed by atoms with Gasteiger partial charge in [-0.05, 0) is 19.1 Å². The molecule has 0 amide bonds. The van der Waals surface area contributed by atoms with Gasteiger partial charge < -0.3 is 14.6 Å². The highest BCUT2D eigenvalue weighted by Crippen LogP contribution is 2.37. The maximum Gasteiger partial charge on any atom is 0.335 e. The first-order chi connectivity index (χ1) is 7.63. The fraction of sp³-hybridized carbons (Fsp3) is 0.250. The van der Waals surface area contributed by atoms with Crippen molar-refractivity contribution in [2.75, 3.05) is 7.11 Å². The number of rotatable bonds is 2. The molecule has 4 heteroatoms. The summed E-state index contributed by atoms with van der Waals surface area (Å²) < 4.78 is 10.7. The Labute approximate surface area is 93.1 Å². The van der Waals surface area contributed by atoms with Gasteiger partial charge in [-0.1, -0.05) is 12.1 Å². The monoisotopic (exact) mass is 220 g/mol. The van der Waals surface area contributed by atoms with Crippen LogP contribution in [-0.2, 0) is 4.79 Å². The molecule has 0 spiro atoms. The number of fused-ring (bicyclic) bond motifs is 1. The third kappa shape index (κ3) is 1.62. The van der Waals surface area contributed by atoms with E-state index in [0.717, 1.165) is 5.56 Å². The van der Waals surface area contributed by atoms with Crippen molar-refractivity contribution in [1.82, 2.24) is 0 Å². The molecule has 0 radical (unpaired) electrons. The molecule has 1 aromatic rings. The minimum absolute atomic E-state index is 0.251. The summed E-state index contributed by atoms with van der Waals surface area (Å²) >= 11 is 0. The van der Waals surface area contributed by atoms with E-state index in [1.807, 2.05) is 0 Å². The molecule has 1 aliphatic heterocycles. The summed E-state index contributed by atoms with van der Waals surface area (Å²) in [6.07, 6.45) is 1.15. The van der Waals surface area contributed by atoms with Crippen molar-refractivity contribution in [3.8, 4) is 11.5 Å². The number of carbonyl (C=O) groups is 1. The second kappa shape index (κ2) is 3.89. The summed E-state index contributed by atoms with van der Waals surface area (Å²) in [6.45, 7) is 1.70. The van der Waals surface area contributed by atoms with Crippen molar-refractivity contribution in [2.45, 2.75) is 13.0 Å². The molecule has 4 nitrogen and oxygen atoms in total. The predicted molar refractivity (Wildman–Crippen MR) is 58.7 cm³/mol. The van der Waals surface area contributed by atoms with Crippen molar-refractivity contribution < 1.29 is 19.4 Å². The largest absolute Gasteiger partial charge is 0.493 e. The molecule has 1 N–H and O–H groups in total. The Morgan fingerprint density at radius 1 is 1.50 bits per heavy atom. The molecule has 0 saturated heterocycles. The third-order valence-corrected chi connectivity index (χ3v) is 2.52. The van der Waals surface area contributed by atoms with Gasteiger partial charge in [0.05, 0.1) is 12.7 Å². The number of aliphatic carboxylic acids is 1. The Bertz CT molecular complexity index is 462. The molecule has 2 rings (SSSR count). The number of carboxylic acids is 1. The maximum absolute atomic E-state index is 10.9. The lowest BCUT2D eigenvalue weighted by Gasteiger charge is -2.23. The van der Waals surface area contributed by atoms with E-state index in [0.29, 0.717) is 11.5 Å². The van der Waals surface area contributed by atoms with Crippen LogP contribution in [0.25, 0.3) is 6.08 Å². The highest BCUT2D eigenvalue weighted by atomic mass is 16.5. The summed E-state index contributed by atoms with van der Waals surface area (Å²) in [5, 5.41) is 8.98. The third-order valence-electron chi connectivity index (χ3n) is 2.52. The first kappa shape index (κ1) is 10.5. The van der Waals surface area contributed by atoms with Crippen LogP contribution in [0.15, 0.2) is 23.8 Å². The predicted octanol–water partition coefficient (Wildman–Crippen LogP) is 1.94. The quantitative estimate of drug-likeness (QED) is 0.827. The SMILES string of the molecule is COc1cccc2c1O[C@@H](C)C(C(=O)O)=C2. The molecule has 16 heavy (non-hydrogen) atoms. The Morgan fingerprint density at radius 2 is 2.25 bits per heavy atom. The van der Waals surface area contributed by atoms with Gasteiger partial charge in [0.15, 0.2) is 11.5 Å². The minimum atomic E-state index is -0.957. The van der Waals surface area contributed by atoms with Crippen LogP contribution < -0.4 is 9.47 Å². The Kier molecular flexibility index (Phi) is 2.56. The fourth-order valence-corrected chi connectivity index (χ4v) is 1.69. The molecular weight excluding hydrogens is 208 g/mol. The molecule has 0 unspecified atom stereocenters. The van der Waals surface area contributed by atoms with Crippen molar-refractivity contribution in [2.24, 2.45) is 0 Å². The lowest BCUT2D eigenvalue weighted by molar-refractivity contribution is -0.133. The van der Waals surface area contributed by atoms with Gasteiger partial charge in [-0.25, -0.2) is 4.79 Å². The lowest BCUT2D eigenvalue weighted by Crippen LogP contribution is -2.24. The average Bonchev–Trinajstić information content (AvgIpc) is 2.27. The van der Waals surface area contributed by atoms with Gasteiger partial charge in [0.2, 0.25) is 0 Å². The van der Waals surface area contributed by atoms with E-state index < -0.39 is 12.1 Å². The Hall–Kier alpha value is -1.97. The van der Waals surface area contributed by atoms with E-state index in [1.165, 1.54) is 0 Å². The number of ether oxygens (including phenoxy) is 2. The highest BCUT2D eigenvalue weighted by molar-refractivity contribution is 5.94. The summed E-state index contributed by atoms with van der Waals surface area (Å²) in [6, 6.07) is 5.38. The molecule has 0 saturated carbocycles. The molecular formula is C12H12O4. The standard InChI is InChI=1S/C12H12O4/c1-7-9(12(13)14)6-8-4-3-5-10(15-2)11(8)16-7/h3-7H,1-2H3,(H,13,14)/t7-/m0/s1. The second-order valence-corrected chi connectivity index (χ2v) is 3.54. The van der Waals surface area contributed by atoms with Gasteiger partial charge in [0, 0.05) is 5.56 Å². The van der Waals surface area contributed by atoms with Crippen molar-refractivity contribution >= 4 is 12.0 Å². The summed E-state index contributed by atoms with van der Waals surface area (Å²) in [5.74, 6) is 0.258. The van der Waals surface area contributed by atoms with Crippen LogP contribution in [0.5, 0.6) is 11.5 Å². The van der Waals surface area contributed by atoms with E-state index in [9.17, 15) is 4.79 Å². The number of hydrogen-bond acceptors (Lipinski definition) is 3. The highest BCUT2D eigenvalue weighted by Gasteiger charge is 2.25. The van der Waals surface area contributed by atoms with E-state index in [4.69, 9.17) is 14.6 Å². The number of para-hydroxylation sites is 1. The Balaban J connectivity index is 2.53. The summed E-state index contributed by atoms with van der Waals surface area (Å²) in [4.78, 5) is 10.9. The number of benzene rings is 1. The molecule has 0 fully saturated rings. The zero-order valence-electron chi connectivity index (χ0n) is 9.06. The lowest BCUT2D eigenvalue weighted by atomic mass is 10.0. The van der Waals surface area contributed by atoms with Crippen LogP contribution >= 0.6 is 0 Å². The van der Waals surface area contributed by atoms with E-state index in [-0.39, 0.29) is 5.57 Å². The van der Waals surface area contributed by atoms with Crippen LogP contribution in [0.4, 0.5) is 0 Å². The molecule has 0 aliphatic carbocycles. The zero-order chi connectivity index (χ0) is 11.7. The van der Waals surface area contributed by atoms with Gasteiger partial charge in [0.25, 0.3) is 0 Å². The maximum atomic E-state index is 10.9. The molecule has 1 heterocycles. The number of carboxylic acid groups (broad SMARTS) is 1. The van der Waals surface area contributed by atoms with Crippen LogP contribution in [-0.4, -0.2) is 24.3 Å². The topological polar surface area (TPSA) is 55.8 Å². The van der Waals surface area contributed by atoms with Gasteiger partial charge in [-0.15, -0.1) is 0 Å². The van der Waals surface area contributed by atoms with E-state index >= 15 is 0 Å². The van der Waals surface area contributed by atoms with Crippen molar-refractivity contribution in [1.29, 1.82) is 0 Å². The molecule has 84 valence electrons. The van der Waals surface area contributed by atoms with E-state index in [2.05, 4.69) is 0 Å². The van der Waals surface area contributed by atoms with Crippen LogP contribution in [0.3, 0.4) is 0 Å². The van der Waals surface area contributed by atoms with E-state index in [1.54, 1.807) is 38.3 Å². The first-order valence-electron chi connectivity index (χ1n) is 4.92. The molecule has 1 atom stereocenters. The zero-order valence-corrected chi connectivity index (χ0v) is 9.06. The smallest absolute Gasteiger partial charge is 0.335 e. The van der Waals surface area contributed by atoms with Crippen LogP contribution in [0, 0.1) is 0 Å².